The van der Waals surface area contributed by atoms with Crippen LogP contribution in [0.15, 0.2) is 27.7 Å². The molecule has 0 aliphatic rings. The Labute approximate surface area is 113 Å². The molecule has 0 aromatic carbocycles. The zero-order valence-corrected chi connectivity index (χ0v) is 11.6. The lowest BCUT2D eigenvalue weighted by atomic mass is 10.3. The van der Waals surface area contributed by atoms with Crippen molar-refractivity contribution in [3.8, 4) is 0 Å². The fourth-order valence-electron chi connectivity index (χ4n) is 1.42. The van der Waals surface area contributed by atoms with Crippen LogP contribution in [0.2, 0.25) is 0 Å². The highest BCUT2D eigenvalue weighted by Crippen LogP contribution is 2.34. The topological polar surface area (TPSA) is 63.1 Å². The molecule has 0 fully saturated rings. The second-order valence-electron chi connectivity index (χ2n) is 3.80. The first-order valence-corrected chi connectivity index (χ1v) is 6.96. The van der Waals surface area contributed by atoms with Crippen molar-refractivity contribution in [2.45, 2.75) is 29.5 Å². The lowest BCUT2D eigenvalue weighted by Crippen LogP contribution is -1.99. The van der Waals surface area contributed by atoms with Crippen LogP contribution < -0.4 is 0 Å². The van der Waals surface area contributed by atoms with Crippen LogP contribution in [0.5, 0.6) is 0 Å². The number of nitrogens with zero attached hydrogens (tertiary/aromatic N) is 2. The van der Waals surface area contributed by atoms with E-state index in [-0.39, 0.29) is 6.42 Å². The Morgan fingerprint density at radius 2 is 2.28 bits per heavy atom. The highest BCUT2D eigenvalue weighted by atomic mass is 32.2. The maximum Gasteiger partial charge on any atom is 0.308 e. The first-order valence-electron chi connectivity index (χ1n) is 5.33. The molecule has 0 unspecified atom stereocenters. The monoisotopic (exact) mass is 280 g/mol. The Kier molecular flexibility index (Phi) is 3.98. The summed E-state index contributed by atoms with van der Waals surface area (Å²) in [6, 6.07) is 1.94. The number of carbonyl (C=O) groups is 1. The zero-order chi connectivity index (χ0) is 13.1. The van der Waals surface area contributed by atoms with Crippen LogP contribution in [0.4, 0.5) is 0 Å². The van der Waals surface area contributed by atoms with Gasteiger partial charge in [-0.3, -0.25) is 9.78 Å². The first-order chi connectivity index (χ1) is 8.56. The average Bonchev–Trinajstić information content (AvgIpc) is 2.62. The third-order valence-corrected chi connectivity index (χ3v) is 4.75. The molecule has 2 aromatic heterocycles. The number of thiazole rings is 1. The number of aliphatic carboxylic acids is 1. The Morgan fingerprint density at radius 1 is 1.50 bits per heavy atom. The van der Waals surface area contributed by atoms with Gasteiger partial charge in [0.05, 0.1) is 12.1 Å². The van der Waals surface area contributed by atoms with E-state index in [1.54, 1.807) is 24.2 Å². The molecule has 1 N–H and O–H groups in total. The quantitative estimate of drug-likeness (QED) is 0.933. The maximum atomic E-state index is 10.7. The molecule has 2 heterocycles. The number of carboxylic acids is 1. The van der Waals surface area contributed by atoms with Crippen molar-refractivity contribution in [3.05, 3.63) is 34.6 Å². The number of carboxylic acid groups (broad SMARTS) is 1. The van der Waals surface area contributed by atoms with Crippen molar-refractivity contribution in [1.82, 2.24) is 9.97 Å². The first kappa shape index (κ1) is 13.0. The van der Waals surface area contributed by atoms with Gasteiger partial charge in [0.2, 0.25) is 0 Å². The summed E-state index contributed by atoms with van der Waals surface area (Å²) < 4.78 is 0.873. The van der Waals surface area contributed by atoms with E-state index in [1.165, 1.54) is 11.3 Å². The minimum Gasteiger partial charge on any atom is -0.481 e. The second kappa shape index (κ2) is 5.49. The molecule has 0 saturated carbocycles. The van der Waals surface area contributed by atoms with Gasteiger partial charge in [-0.05, 0) is 25.5 Å². The van der Waals surface area contributed by atoms with Gasteiger partial charge in [-0.2, -0.15) is 0 Å². The molecule has 0 spiro atoms. The molecule has 0 bridgehead atoms. The molecule has 2 rings (SSSR count). The molecule has 0 aliphatic carbocycles. The molecule has 18 heavy (non-hydrogen) atoms. The summed E-state index contributed by atoms with van der Waals surface area (Å²) in [5.41, 5.74) is 1.90. The number of aromatic nitrogens is 2. The SMILES string of the molecule is Cc1cnccc1Sc1nc(C)c(CC(=O)O)s1. The van der Waals surface area contributed by atoms with Crippen molar-refractivity contribution < 1.29 is 9.90 Å². The van der Waals surface area contributed by atoms with Gasteiger partial charge >= 0.3 is 5.97 Å². The fraction of sp³-hybridized carbons (Fsp3) is 0.250. The largest absolute Gasteiger partial charge is 0.481 e. The van der Waals surface area contributed by atoms with E-state index in [0.717, 1.165) is 25.4 Å². The molecular weight excluding hydrogens is 268 g/mol. The minimum atomic E-state index is -0.821. The normalized spacial score (nSPS) is 10.6. The molecule has 4 nitrogen and oxygen atoms in total. The summed E-state index contributed by atoms with van der Waals surface area (Å²) in [7, 11) is 0. The van der Waals surface area contributed by atoms with Crippen LogP contribution >= 0.6 is 23.1 Å². The summed E-state index contributed by atoms with van der Waals surface area (Å²) in [5, 5.41) is 8.80. The van der Waals surface area contributed by atoms with E-state index in [1.807, 2.05) is 19.9 Å². The number of hydrogen-bond donors (Lipinski definition) is 1. The van der Waals surface area contributed by atoms with Crippen molar-refractivity contribution in [2.24, 2.45) is 0 Å². The predicted molar refractivity (Wildman–Crippen MR) is 71.3 cm³/mol. The second-order valence-corrected chi connectivity index (χ2v) is 6.17. The molecule has 94 valence electrons. The van der Waals surface area contributed by atoms with Gasteiger partial charge in [-0.15, -0.1) is 11.3 Å². The van der Waals surface area contributed by atoms with Crippen LogP contribution in [0, 0.1) is 13.8 Å². The van der Waals surface area contributed by atoms with Gasteiger partial charge in [-0.25, -0.2) is 4.98 Å². The Bertz CT molecular complexity index is 581. The van der Waals surface area contributed by atoms with Crippen LogP contribution in [0.1, 0.15) is 16.1 Å². The van der Waals surface area contributed by atoms with Crippen LogP contribution in [-0.4, -0.2) is 21.0 Å². The Hall–Kier alpha value is -1.40. The van der Waals surface area contributed by atoms with Gasteiger partial charge in [0.25, 0.3) is 0 Å². The highest BCUT2D eigenvalue weighted by Gasteiger charge is 2.12. The molecule has 0 saturated heterocycles. The summed E-state index contributed by atoms with van der Waals surface area (Å²) >= 11 is 2.99. The minimum absolute atomic E-state index is 0.0411. The van der Waals surface area contributed by atoms with E-state index >= 15 is 0 Å². The fourth-order valence-corrected chi connectivity index (χ4v) is 3.65. The van der Waals surface area contributed by atoms with Gasteiger partial charge in [0, 0.05) is 22.2 Å². The number of pyridine rings is 1. The van der Waals surface area contributed by atoms with Crippen LogP contribution in [0.25, 0.3) is 0 Å². The third-order valence-electron chi connectivity index (χ3n) is 2.35. The van der Waals surface area contributed by atoms with E-state index in [0.29, 0.717) is 0 Å². The van der Waals surface area contributed by atoms with Gasteiger partial charge in [0.1, 0.15) is 0 Å². The predicted octanol–water partition coefficient (Wildman–Crippen LogP) is 2.93. The van der Waals surface area contributed by atoms with Crippen molar-refractivity contribution in [2.75, 3.05) is 0 Å². The van der Waals surface area contributed by atoms with E-state index in [9.17, 15) is 4.79 Å². The smallest absolute Gasteiger partial charge is 0.308 e. The molecule has 0 amide bonds. The van der Waals surface area contributed by atoms with E-state index < -0.39 is 5.97 Å². The van der Waals surface area contributed by atoms with E-state index in [2.05, 4.69) is 9.97 Å². The van der Waals surface area contributed by atoms with Crippen molar-refractivity contribution in [3.63, 3.8) is 0 Å². The summed E-state index contributed by atoms with van der Waals surface area (Å²) in [5.74, 6) is -0.821. The summed E-state index contributed by atoms with van der Waals surface area (Å²) in [6.07, 6.45) is 3.59. The van der Waals surface area contributed by atoms with Crippen LogP contribution in [0.3, 0.4) is 0 Å². The molecule has 0 radical (unpaired) electrons. The number of aryl methyl sites for hydroxylation is 2. The van der Waals surface area contributed by atoms with Crippen LogP contribution in [-0.2, 0) is 11.2 Å². The van der Waals surface area contributed by atoms with Crippen molar-refractivity contribution >= 4 is 29.1 Å². The maximum absolute atomic E-state index is 10.7. The summed E-state index contributed by atoms with van der Waals surface area (Å²) in [4.78, 5) is 21.1. The standard InChI is InChI=1S/C12H12N2O2S2/c1-7-6-13-4-3-9(7)17-12-14-8(2)10(18-12)5-11(15)16/h3-4,6H,5H2,1-2H3,(H,15,16). The highest BCUT2D eigenvalue weighted by molar-refractivity contribution is 8.01. The van der Waals surface area contributed by atoms with Gasteiger partial charge in [0.15, 0.2) is 4.34 Å². The lowest BCUT2D eigenvalue weighted by Gasteiger charge is -2.00. The van der Waals surface area contributed by atoms with Gasteiger partial charge in [-0.1, -0.05) is 11.8 Å². The molecule has 2 aromatic rings. The van der Waals surface area contributed by atoms with Crippen molar-refractivity contribution in [1.29, 1.82) is 0 Å². The Balaban J connectivity index is 2.20. The Morgan fingerprint density at radius 3 is 2.94 bits per heavy atom. The average molecular weight is 280 g/mol. The summed E-state index contributed by atoms with van der Waals surface area (Å²) in [6.45, 7) is 3.84. The molecule has 6 heteroatoms. The zero-order valence-electron chi connectivity index (χ0n) is 10.0. The number of rotatable bonds is 4. The third kappa shape index (κ3) is 3.08. The molecule has 0 atom stereocenters. The number of hydrogen-bond acceptors (Lipinski definition) is 5. The van der Waals surface area contributed by atoms with E-state index in [4.69, 9.17) is 5.11 Å². The molecular formula is C12H12N2O2S2. The lowest BCUT2D eigenvalue weighted by molar-refractivity contribution is -0.136. The van der Waals surface area contributed by atoms with Gasteiger partial charge < -0.3 is 5.11 Å². The molecule has 0 aliphatic heterocycles.